The first-order chi connectivity index (χ1) is 16.7. The molecule has 0 bridgehead atoms. The third-order valence-corrected chi connectivity index (χ3v) is 5.66. The van der Waals surface area contributed by atoms with E-state index in [0.29, 0.717) is 28.5 Å². The summed E-state index contributed by atoms with van der Waals surface area (Å²) in [6.07, 6.45) is 1.59. The van der Waals surface area contributed by atoms with Gasteiger partial charge in [-0.05, 0) is 61.0 Å². The van der Waals surface area contributed by atoms with Gasteiger partial charge >= 0.3 is 0 Å². The van der Waals surface area contributed by atoms with E-state index >= 15 is 0 Å². The summed E-state index contributed by atoms with van der Waals surface area (Å²) in [6.45, 7) is 1.48. The Labute approximate surface area is 202 Å². The molecule has 0 aliphatic rings. The SMILES string of the molecule is COc1ccc(OCCCS(=O)(=O)O)c(CN(C(C)=O)c2cccnc2Oc2ccc(F)cc2)c1. The standard InChI is InChI=1S/C24H25FN2O7S/c1-17(28)27(22-5-3-12-26-24(22)34-20-8-6-19(25)7-9-20)16-18-15-21(32-2)10-11-23(18)33-13-4-14-35(29,30)31/h3,5-12,15H,4,13-14,16H2,1-2H3,(H,29,30,31). The molecule has 0 unspecified atom stereocenters. The van der Waals surface area contributed by atoms with Gasteiger partial charge in [-0.25, -0.2) is 9.37 Å². The summed E-state index contributed by atoms with van der Waals surface area (Å²) in [5.41, 5.74) is 0.965. The number of hydrogen-bond donors (Lipinski definition) is 1. The lowest BCUT2D eigenvalue weighted by molar-refractivity contribution is -0.116. The Morgan fingerprint density at radius 1 is 1.11 bits per heavy atom. The van der Waals surface area contributed by atoms with Gasteiger partial charge in [0.2, 0.25) is 11.8 Å². The molecular formula is C24H25FN2O7S. The van der Waals surface area contributed by atoms with Crippen LogP contribution < -0.4 is 19.1 Å². The van der Waals surface area contributed by atoms with Crippen LogP contribution in [-0.4, -0.2) is 43.3 Å². The monoisotopic (exact) mass is 504 g/mol. The minimum Gasteiger partial charge on any atom is -0.497 e. The summed E-state index contributed by atoms with van der Waals surface area (Å²) in [5.74, 6) is 0.290. The van der Waals surface area contributed by atoms with E-state index in [1.165, 1.54) is 49.4 Å². The van der Waals surface area contributed by atoms with Crippen molar-refractivity contribution >= 4 is 21.7 Å². The maximum atomic E-state index is 13.3. The van der Waals surface area contributed by atoms with Crippen LogP contribution >= 0.6 is 0 Å². The van der Waals surface area contributed by atoms with E-state index in [1.807, 2.05) is 0 Å². The first-order valence-electron chi connectivity index (χ1n) is 10.6. The predicted octanol–water partition coefficient (Wildman–Crippen LogP) is 4.23. The number of rotatable bonds is 11. The van der Waals surface area contributed by atoms with E-state index in [1.54, 1.807) is 30.3 Å². The van der Waals surface area contributed by atoms with Gasteiger partial charge in [0.05, 0.1) is 26.0 Å². The minimum absolute atomic E-state index is 0.0327. The van der Waals surface area contributed by atoms with E-state index in [-0.39, 0.29) is 31.4 Å². The molecule has 3 aromatic rings. The highest BCUT2D eigenvalue weighted by molar-refractivity contribution is 7.85. The molecule has 0 atom stereocenters. The van der Waals surface area contributed by atoms with Crippen molar-refractivity contribution in [2.24, 2.45) is 0 Å². The lowest BCUT2D eigenvalue weighted by Gasteiger charge is -2.24. The van der Waals surface area contributed by atoms with Gasteiger partial charge < -0.3 is 19.1 Å². The third-order valence-electron chi connectivity index (χ3n) is 4.85. The molecule has 35 heavy (non-hydrogen) atoms. The fourth-order valence-electron chi connectivity index (χ4n) is 3.19. The molecule has 3 rings (SSSR count). The molecule has 0 fully saturated rings. The number of benzene rings is 2. The van der Waals surface area contributed by atoms with Gasteiger partial charge in [-0.15, -0.1) is 0 Å². The molecule has 0 aliphatic heterocycles. The molecule has 0 saturated carbocycles. The van der Waals surface area contributed by atoms with Crippen LogP contribution in [0.2, 0.25) is 0 Å². The van der Waals surface area contributed by atoms with Crippen LogP contribution in [0.3, 0.4) is 0 Å². The van der Waals surface area contributed by atoms with Crippen LogP contribution in [0.4, 0.5) is 10.1 Å². The topological polar surface area (TPSA) is 115 Å². The van der Waals surface area contributed by atoms with Crippen molar-refractivity contribution in [2.75, 3.05) is 24.4 Å². The van der Waals surface area contributed by atoms with Crippen LogP contribution in [0.5, 0.6) is 23.1 Å². The highest BCUT2D eigenvalue weighted by atomic mass is 32.2. The lowest BCUT2D eigenvalue weighted by atomic mass is 10.1. The number of ether oxygens (including phenoxy) is 3. The smallest absolute Gasteiger partial charge is 0.264 e. The Morgan fingerprint density at radius 2 is 1.83 bits per heavy atom. The van der Waals surface area contributed by atoms with Gasteiger partial charge in [-0.3, -0.25) is 9.35 Å². The van der Waals surface area contributed by atoms with Crippen LogP contribution in [0, 0.1) is 5.82 Å². The second-order valence-corrected chi connectivity index (χ2v) is 9.02. The highest BCUT2D eigenvalue weighted by Crippen LogP contribution is 2.33. The molecule has 9 nitrogen and oxygen atoms in total. The Kier molecular flexibility index (Phi) is 8.61. The fraction of sp³-hybridized carbons (Fsp3) is 0.250. The van der Waals surface area contributed by atoms with Crippen molar-refractivity contribution in [3.05, 3.63) is 72.2 Å². The molecule has 0 saturated heterocycles. The van der Waals surface area contributed by atoms with Crippen LogP contribution in [0.1, 0.15) is 18.9 Å². The van der Waals surface area contributed by atoms with Crippen molar-refractivity contribution in [3.63, 3.8) is 0 Å². The Balaban J connectivity index is 1.88. The van der Waals surface area contributed by atoms with Gasteiger partial charge in [-0.1, -0.05) is 0 Å². The molecular weight excluding hydrogens is 479 g/mol. The highest BCUT2D eigenvalue weighted by Gasteiger charge is 2.21. The molecule has 2 aromatic carbocycles. The number of aromatic nitrogens is 1. The zero-order valence-corrected chi connectivity index (χ0v) is 20.0. The van der Waals surface area contributed by atoms with Crippen LogP contribution in [-0.2, 0) is 21.5 Å². The lowest BCUT2D eigenvalue weighted by Crippen LogP contribution is -2.28. The number of amides is 1. The molecule has 1 heterocycles. The molecule has 1 N–H and O–H groups in total. The average molecular weight is 505 g/mol. The summed E-state index contributed by atoms with van der Waals surface area (Å²) in [6, 6.07) is 13.8. The third kappa shape index (κ3) is 7.66. The maximum absolute atomic E-state index is 13.3. The van der Waals surface area contributed by atoms with Crippen LogP contribution in [0.15, 0.2) is 60.8 Å². The van der Waals surface area contributed by atoms with Gasteiger partial charge in [0, 0.05) is 18.7 Å². The molecule has 1 amide bonds. The Bertz CT molecular complexity index is 1270. The molecule has 11 heteroatoms. The van der Waals surface area contributed by atoms with E-state index in [9.17, 15) is 17.6 Å². The van der Waals surface area contributed by atoms with Crippen molar-refractivity contribution in [3.8, 4) is 23.1 Å². The van der Waals surface area contributed by atoms with E-state index < -0.39 is 21.7 Å². The predicted molar refractivity (Wildman–Crippen MR) is 127 cm³/mol. The van der Waals surface area contributed by atoms with Crippen molar-refractivity contribution in [1.29, 1.82) is 0 Å². The number of methoxy groups -OCH3 is 1. The molecule has 186 valence electrons. The molecule has 0 spiro atoms. The van der Waals surface area contributed by atoms with E-state index in [2.05, 4.69) is 4.98 Å². The maximum Gasteiger partial charge on any atom is 0.264 e. The number of halogens is 1. The number of nitrogens with zero attached hydrogens (tertiary/aromatic N) is 2. The quantitative estimate of drug-likeness (QED) is 0.305. The summed E-state index contributed by atoms with van der Waals surface area (Å²) >= 11 is 0. The Morgan fingerprint density at radius 3 is 2.49 bits per heavy atom. The van der Waals surface area contributed by atoms with Gasteiger partial charge in [0.25, 0.3) is 10.1 Å². The molecule has 0 radical (unpaired) electrons. The molecule has 0 aliphatic carbocycles. The largest absolute Gasteiger partial charge is 0.497 e. The summed E-state index contributed by atoms with van der Waals surface area (Å²) in [5, 5.41) is 0. The number of carbonyl (C=O) groups excluding carboxylic acids is 1. The second-order valence-electron chi connectivity index (χ2n) is 7.45. The average Bonchev–Trinajstić information content (AvgIpc) is 2.82. The van der Waals surface area contributed by atoms with Gasteiger partial charge in [-0.2, -0.15) is 8.42 Å². The number of pyridine rings is 1. The molecule has 1 aromatic heterocycles. The number of carbonyl (C=O) groups is 1. The zero-order valence-electron chi connectivity index (χ0n) is 19.2. The van der Waals surface area contributed by atoms with Crippen molar-refractivity contribution in [1.82, 2.24) is 4.98 Å². The summed E-state index contributed by atoms with van der Waals surface area (Å²) < 4.78 is 60.9. The van der Waals surface area contributed by atoms with E-state index in [4.69, 9.17) is 18.8 Å². The fourth-order valence-corrected chi connectivity index (χ4v) is 3.67. The minimum atomic E-state index is -4.09. The summed E-state index contributed by atoms with van der Waals surface area (Å²) in [4.78, 5) is 18.3. The van der Waals surface area contributed by atoms with Crippen molar-refractivity contribution < 1.29 is 36.4 Å². The number of hydrogen-bond acceptors (Lipinski definition) is 7. The summed E-state index contributed by atoms with van der Waals surface area (Å²) in [7, 11) is -2.59. The first kappa shape index (κ1) is 25.9. The van der Waals surface area contributed by atoms with Crippen molar-refractivity contribution in [2.45, 2.75) is 19.9 Å². The second kappa shape index (κ2) is 11.6. The van der Waals surface area contributed by atoms with Gasteiger partial charge in [0.15, 0.2) is 0 Å². The number of anilines is 1. The zero-order chi connectivity index (χ0) is 25.4. The first-order valence-corrected chi connectivity index (χ1v) is 12.2. The normalized spacial score (nSPS) is 11.1. The van der Waals surface area contributed by atoms with Crippen LogP contribution in [0.25, 0.3) is 0 Å². The Hall–Kier alpha value is -3.70. The van der Waals surface area contributed by atoms with E-state index in [0.717, 1.165) is 0 Å². The van der Waals surface area contributed by atoms with Gasteiger partial charge in [0.1, 0.15) is 28.8 Å².